The second-order valence-electron chi connectivity index (χ2n) is 5.70. The molecule has 0 aromatic carbocycles. The minimum absolute atomic E-state index is 0.0742. The lowest BCUT2D eigenvalue weighted by Gasteiger charge is -2.45. The van der Waals surface area contributed by atoms with Crippen LogP contribution in [-0.4, -0.2) is 41.8 Å². The third kappa shape index (κ3) is 2.58. The maximum absolute atomic E-state index is 9.42. The van der Waals surface area contributed by atoms with Crippen molar-refractivity contribution in [1.29, 1.82) is 0 Å². The summed E-state index contributed by atoms with van der Waals surface area (Å²) >= 11 is 0. The van der Waals surface area contributed by atoms with Crippen LogP contribution in [0.3, 0.4) is 0 Å². The molecule has 4 unspecified atom stereocenters. The summed E-state index contributed by atoms with van der Waals surface area (Å²) in [6.07, 6.45) is 6.96. The van der Waals surface area contributed by atoms with Crippen LogP contribution >= 0.6 is 0 Å². The van der Waals surface area contributed by atoms with Crippen molar-refractivity contribution in [1.82, 2.24) is 4.90 Å². The fraction of sp³-hybridized carbons (Fsp3) is 1.00. The molecule has 2 fully saturated rings. The molecule has 16 heavy (non-hydrogen) atoms. The Morgan fingerprint density at radius 3 is 2.56 bits per heavy atom. The lowest BCUT2D eigenvalue weighted by Crippen LogP contribution is -2.54. The Labute approximate surface area is 99.0 Å². The van der Waals surface area contributed by atoms with Crippen LogP contribution in [0.2, 0.25) is 0 Å². The topological polar surface area (TPSA) is 49.5 Å². The standard InChI is InChI=1S/C13H26N2O/c1-10(14)13(9-16)15-7-6-11-4-2-3-5-12(11)8-15/h10-13,16H,2-9,14H2,1H3. The average molecular weight is 226 g/mol. The fourth-order valence-corrected chi connectivity index (χ4v) is 3.54. The Morgan fingerprint density at radius 2 is 1.94 bits per heavy atom. The first-order valence-electron chi connectivity index (χ1n) is 6.83. The van der Waals surface area contributed by atoms with Crippen LogP contribution in [0.15, 0.2) is 0 Å². The molecule has 1 aliphatic heterocycles. The highest BCUT2D eigenvalue weighted by Crippen LogP contribution is 2.36. The lowest BCUT2D eigenvalue weighted by atomic mass is 9.74. The number of piperidine rings is 1. The van der Waals surface area contributed by atoms with Gasteiger partial charge < -0.3 is 10.8 Å². The molecule has 2 aliphatic rings. The van der Waals surface area contributed by atoms with Crippen LogP contribution < -0.4 is 5.73 Å². The van der Waals surface area contributed by atoms with Gasteiger partial charge in [0.15, 0.2) is 0 Å². The molecule has 2 rings (SSSR count). The zero-order valence-electron chi connectivity index (χ0n) is 10.4. The van der Waals surface area contributed by atoms with E-state index >= 15 is 0 Å². The van der Waals surface area contributed by atoms with E-state index in [0.29, 0.717) is 0 Å². The number of rotatable bonds is 3. The van der Waals surface area contributed by atoms with E-state index in [1.165, 1.54) is 32.1 Å². The van der Waals surface area contributed by atoms with E-state index in [9.17, 15) is 5.11 Å². The second kappa shape index (κ2) is 5.48. The van der Waals surface area contributed by atoms with Crippen LogP contribution in [0.25, 0.3) is 0 Å². The number of fused-ring (bicyclic) bond motifs is 1. The molecule has 0 spiro atoms. The highest BCUT2D eigenvalue weighted by Gasteiger charge is 2.34. The number of aliphatic hydroxyl groups is 1. The zero-order valence-corrected chi connectivity index (χ0v) is 10.4. The highest BCUT2D eigenvalue weighted by molar-refractivity contribution is 4.88. The van der Waals surface area contributed by atoms with Gasteiger partial charge in [-0.2, -0.15) is 0 Å². The number of nitrogens with two attached hydrogens (primary N) is 1. The molecular weight excluding hydrogens is 200 g/mol. The van der Waals surface area contributed by atoms with E-state index < -0.39 is 0 Å². The number of nitrogens with zero attached hydrogens (tertiary/aromatic N) is 1. The van der Waals surface area contributed by atoms with E-state index in [-0.39, 0.29) is 18.7 Å². The number of hydrogen-bond donors (Lipinski definition) is 2. The molecule has 0 bridgehead atoms. The van der Waals surface area contributed by atoms with Gasteiger partial charge in [0.05, 0.1) is 6.61 Å². The first-order valence-corrected chi connectivity index (χ1v) is 6.83. The SMILES string of the molecule is CC(N)C(CO)N1CCC2CCCCC2C1. The van der Waals surface area contributed by atoms with Crippen molar-refractivity contribution in [2.24, 2.45) is 17.6 Å². The normalized spacial score (nSPS) is 35.4. The van der Waals surface area contributed by atoms with Gasteiger partial charge >= 0.3 is 0 Å². The van der Waals surface area contributed by atoms with Gasteiger partial charge in [-0.15, -0.1) is 0 Å². The summed E-state index contributed by atoms with van der Waals surface area (Å²) in [5.74, 6) is 1.83. The van der Waals surface area contributed by atoms with Crippen LogP contribution in [-0.2, 0) is 0 Å². The van der Waals surface area contributed by atoms with Crippen molar-refractivity contribution < 1.29 is 5.11 Å². The van der Waals surface area contributed by atoms with Crippen LogP contribution in [0.5, 0.6) is 0 Å². The van der Waals surface area contributed by atoms with Crippen molar-refractivity contribution in [3.05, 3.63) is 0 Å². The lowest BCUT2D eigenvalue weighted by molar-refractivity contribution is 0.0276. The molecular formula is C13H26N2O. The molecule has 3 heteroatoms. The van der Waals surface area contributed by atoms with Gasteiger partial charge in [-0.1, -0.05) is 19.3 Å². The van der Waals surface area contributed by atoms with Crippen molar-refractivity contribution in [2.45, 2.75) is 51.1 Å². The molecule has 1 saturated carbocycles. The number of likely N-dealkylation sites (tertiary alicyclic amines) is 1. The van der Waals surface area contributed by atoms with Gasteiger partial charge in [-0.3, -0.25) is 4.90 Å². The maximum atomic E-state index is 9.42. The predicted molar refractivity (Wildman–Crippen MR) is 66.2 cm³/mol. The Hall–Kier alpha value is -0.120. The second-order valence-corrected chi connectivity index (χ2v) is 5.70. The van der Waals surface area contributed by atoms with Gasteiger partial charge in [0, 0.05) is 18.6 Å². The van der Waals surface area contributed by atoms with Gasteiger partial charge in [0.2, 0.25) is 0 Å². The summed E-state index contributed by atoms with van der Waals surface area (Å²) < 4.78 is 0. The van der Waals surface area contributed by atoms with Crippen molar-refractivity contribution in [3.63, 3.8) is 0 Å². The third-order valence-electron chi connectivity index (χ3n) is 4.59. The summed E-state index contributed by atoms with van der Waals surface area (Å²) in [4.78, 5) is 2.43. The molecule has 94 valence electrons. The quantitative estimate of drug-likeness (QED) is 0.760. The fourth-order valence-electron chi connectivity index (χ4n) is 3.54. The summed E-state index contributed by atoms with van der Waals surface area (Å²) in [5.41, 5.74) is 5.94. The summed E-state index contributed by atoms with van der Waals surface area (Å²) in [6.45, 7) is 4.51. The smallest absolute Gasteiger partial charge is 0.0601 e. The Kier molecular flexibility index (Phi) is 4.22. The molecule has 1 saturated heterocycles. The Bertz CT molecular complexity index is 220. The number of hydrogen-bond acceptors (Lipinski definition) is 3. The predicted octanol–water partition coefficient (Wildman–Crippen LogP) is 1.21. The van der Waals surface area contributed by atoms with E-state index in [1.54, 1.807) is 0 Å². The molecule has 1 aliphatic carbocycles. The largest absolute Gasteiger partial charge is 0.395 e. The van der Waals surface area contributed by atoms with E-state index in [1.807, 2.05) is 6.92 Å². The monoisotopic (exact) mass is 226 g/mol. The van der Waals surface area contributed by atoms with E-state index in [2.05, 4.69) is 4.90 Å². The van der Waals surface area contributed by atoms with Gasteiger partial charge in [0.1, 0.15) is 0 Å². The number of aliphatic hydroxyl groups excluding tert-OH is 1. The van der Waals surface area contributed by atoms with E-state index in [4.69, 9.17) is 5.73 Å². The summed E-state index contributed by atoms with van der Waals surface area (Å²) in [5, 5.41) is 9.42. The first kappa shape index (κ1) is 12.3. The van der Waals surface area contributed by atoms with E-state index in [0.717, 1.165) is 24.9 Å². The highest BCUT2D eigenvalue weighted by atomic mass is 16.3. The molecule has 4 atom stereocenters. The van der Waals surface area contributed by atoms with Crippen LogP contribution in [0, 0.1) is 11.8 Å². The van der Waals surface area contributed by atoms with Crippen molar-refractivity contribution in [2.75, 3.05) is 19.7 Å². The van der Waals surface area contributed by atoms with Crippen molar-refractivity contribution in [3.8, 4) is 0 Å². The zero-order chi connectivity index (χ0) is 11.5. The molecule has 0 radical (unpaired) electrons. The molecule has 3 N–H and O–H groups in total. The van der Waals surface area contributed by atoms with Crippen LogP contribution in [0.4, 0.5) is 0 Å². The Balaban J connectivity index is 1.93. The van der Waals surface area contributed by atoms with Crippen LogP contribution in [0.1, 0.15) is 39.0 Å². The molecule has 1 heterocycles. The molecule has 3 nitrogen and oxygen atoms in total. The first-order chi connectivity index (χ1) is 7.72. The minimum Gasteiger partial charge on any atom is -0.395 e. The molecule has 0 aromatic rings. The molecule has 0 amide bonds. The molecule has 0 aromatic heterocycles. The Morgan fingerprint density at radius 1 is 1.25 bits per heavy atom. The van der Waals surface area contributed by atoms with Gasteiger partial charge in [-0.25, -0.2) is 0 Å². The van der Waals surface area contributed by atoms with Gasteiger partial charge in [0.25, 0.3) is 0 Å². The summed E-state index contributed by atoms with van der Waals surface area (Å²) in [6, 6.07) is 0.244. The maximum Gasteiger partial charge on any atom is 0.0601 e. The third-order valence-corrected chi connectivity index (χ3v) is 4.59. The minimum atomic E-state index is 0.0742. The average Bonchev–Trinajstić information content (AvgIpc) is 2.29. The van der Waals surface area contributed by atoms with Crippen molar-refractivity contribution >= 4 is 0 Å². The van der Waals surface area contributed by atoms with Gasteiger partial charge in [-0.05, 0) is 38.1 Å². The summed E-state index contributed by atoms with van der Waals surface area (Å²) in [7, 11) is 0.